The van der Waals surface area contributed by atoms with Crippen molar-refractivity contribution in [3.05, 3.63) is 61.2 Å². The minimum absolute atomic E-state index is 0.268. The van der Waals surface area contributed by atoms with Gasteiger partial charge < -0.3 is 5.32 Å². The largest absolute Gasteiger partial charge is 0.310 e. The average Bonchev–Trinajstić information content (AvgIpc) is 2.37. The molecule has 2 nitrogen and oxygen atoms in total. The van der Waals surface area contributed by atoms with Gasteiger partial charge in [-0.3, -0.25) is 4.98 Å². The summed E-state index contributed by atoms with van der Waals surface area (Å²) in [6.07, 6.45) is 4.63. The molecule has 1 atom stereocenters. The van der Waals surface area contributed by atoms with Crippen LogP contribution >= 0.6 is 47.8 Å². The summed E-state index contributed by atoms with van der Waals surface area (Å²) in [7, 11) is 0. The van der Waals surface area contributed by atoms with Crippen molar-refractivity contribution in [3.63, 3.8) is 0 Å². The number of pyridine rings is 1. The van der Waals surface area contributed by atoms with Crippen molar-refractivity contribution < 1.29 is 0 Å². The van der Waals surface area contributed by atoms with Gasteiger partial charge in [0.1, 0.15) is 0 Å². The smallest absolute Gasteiger partial charge is 0.0410 e. The van der Waals surface area contributed by atoms with Crippen LogP contribution in [0.1, 0.15) is 24.1 Å². The number of likely N-dealkylation sites (N-methyl/N-ethyl adjacent to an activating group) is 1. The van der Waals surface area contributed by atoms with Gasteiger partial charge >= 0.3 is 0 Å². The van der Waals surface area contributed by atoms with E-state index in [-0.39, 0.29) is 6.04 Å². The Kier molecular flexibility index (Phi) is 6.20. The summed E-state index contributed by atoms with van der Waals surface area (Å²) in [6, 6.07) is 8.75. The van der Waals surface area contributed by atoms with Gasteiger partial charge in [-0.15, -0.1) is 0 Å². The van der Waals surface area contributed by atoms with Crippen molar-refractivity contribution in [2.75, 3.05) is 6.54 Å². The quantitative estimate of drug-likeness (QED) is 0.655. The number of hydrogen-bond donors (Lipinski definition) is 1. The van der Waals surface area contributed by atoms with Gasteiger partial charge in [0, 0.05) is 31.9 Å². The average molecular weight is 463 g/mol. The van der Waals surface area contributed by atoms with E-state index in [0.717, 1.165) is 26.4 Å². The molecule has 0 aliphatic carbocycles. The lowest BCUT2D eigenvalue weighted by atomic mass is 10.00. The van der Waals surface area contributed by atoms with Gasteiger partial charge in [0.2, 0.25) is 0 Å². The fourth-order valence-corrected chi connectivity index (χ4v) is 3.88. The molecular formula is C15H15Br3N2. The van der Waals surface area contributed by atoms with E-state index in [1.807, 2.05) is 12.3 Å². The van der Waals surface area contributed by atoms with Gasteiger partial charge in [-0.25, -0.2) is 0 Å². The van der Waals surface area contributed by atoms with Crippen LogP contribution in [0, 0.1) is 0 Å². The molecule has 106 valence electrons. The molecule has 0 amide bonds. The summed E-state index contributed by atoms with van der Waals surface area (Å²) in [6.45, 7) is 3.05. The molecule has 1 aromatic heterocycles. The summed E-state index contributed by atoms with van der Waals surface area (Å²) in [5.41, 5.74) is 2.47. The number of halogens is 3. The minimum Gasteiger partial charge on any atom is -0.310 e. The normalized spacial score (nSPS) is 12.4. The number of nitrogens with one attached hydrogen (secondary N) is 1. The number of hydrogen-bond acceptors (Lipinski definition) is 2. The van der Waals surface area contributed by atoms with E-state index in [2.05, 4.69) is 83.2 Å². The molecule has 0 radical (unpaired) electrons. The van der Waals surface area contributed by atoms with E-state index in [0.29, 0.717) is 0 Å². The lowest BCUT2D eigenvalue weighted by Gasteiger charge is -2.19. The van der Waals surface area contributed by atoms with E-state index in [1.54, 1.807) is 6.20 Å². The first kappa shape index (κ1) is 16.1. The maximum atomic E-state index is 4.23. The highest BCUT2D eigenvalue weighted by Crippen LogP contribution is 2.26. The highest BCUT2D eigenvalue weighted by molar-refractivity contribution is 9.11. The van der Waals surface area contributed by atoms with Gasteiger partial charge in [0.05, 0.1) is 0 Å². The van der Waals surface area contributed by atoms with Crippen LogP contribution in [0.4, 0.5) is 0 Å². The maximum absolute atomic E-state index is 4.23. The van der Waals surface area contributed by atoms with Crippen molar-refractivity contribution in [1.29, 1.82) is 0 Å². The van der Waals surface area contributed by atoms with Gasteiger partial charge in [0.15, 0.2) is 0 Å². The second-order valence-corrected chi connectivity index (χ2v) is 7.28. The Hall–Kier alpha value is -0.230. The zero-order chi connectivity index (χ0) is 14.5. The van der Waals surface area contributed by atoms with E-state index in [4.69, 9.17) is 0 Å². The zero-order valence-electron chi connectivity index (χ0n) is 11.0. The molecule has 2 aromatic rings. The van der Waals surface area contributed by atoms with Crippen molar-refractivity contribution in [2.24, 2.45) is 0 Å². The number of benzene rings is 1. The number of rotatable bonds is 5. The van der Waals surface area contributed by atoms with Gasteiger partial charge in [-0.1, -0.05) is 38.8 Å². The standard InChI is InChI=1S/C15H15Br3N2/c1-2-20-15(4-10-3-14(18)9-19-8-10)11-5-12(16)7-13(17)6-11/h3,5-9,15,20H,2,4H2,1H3. The Morgan fingerprint density at radius 3 is 2.30 bits per heavy atom. The van der Waals surface area contributed by atoms with Crippen LogP contribution in [-0.4, -0.2) is 11.5 Å². The monoisotopic (exact) mass is 460 g/mol. The predicted molar refractivity (Wildman–Crippen MR) is 93.9 cm³/mol. The molecule has 5 heteroatoms. The third kappa shape index (κ3) is 4.65. The second-order valence-electron chi connectivity index (χ2n) is 4.53. The van der Waals surface area contributed by atoms with E-state index < -0.39 is 0 Å². The van der Waals surface area contributed by atoms with Crippen LogP contribution in [0.15, 0.2) is 50.1 Å². The third-order valence-corrected chi connectivity index (χ3v) is 4.29. The third-order valence-electron chi connectivity index (χ3n) is 2.94. The molecule has 20 heavy (non-hydrogen) atoms. The van der Waals surface area contributed by atoms with E-state index >= 15 is 0 Å². The SMILES string of the molecule is CCNC(Cc1cncc(Br)c1)c1cc(Br)cc(Br)c1. The summed E-state index contributed by atoms with van der Waals surface area (Å²) in [5.74, 6) is 0. The molecule has 0 aliphatic heterocycles. The van der Waals surface area contributed by atoms with E-state index in [9.17, 15) is 0 Å². The lowest BCUT2D eigenvalue weighted by molar-refractivity contribution is 0.548. The Bertz CT molecular complexity index is 567. The molecule has 1 heterocycles. The fraction of sp³-hybridized carbons (Fsp3) is 0.267. The Morgan fingerprint density at radius 2 is 1.70 bits per heavy atom. The Labute approximate surface area is 144 Å². The summed E-state index contributed by atoms with van der Waals surface area (Å²) >= 11 is 10.6. The fourth-order valence-electron chi connectivity index (χ4n) is 2.13. The van der Waals surface area contributed by atoms with Crippen LogP contribution in [0.5, 0.6) is 0 Å². The summed E-state index contributed by atoms with van der Waals surface area (Å²) < 4.78 is 3.18. The minimum atomic E-state index is 0.268. The lowest BCUT2D eigenvalue weighted by Crippen LogP contribution is -2.23. The molecule has 0 saturated heterocycles. The number of nitrogens with zero attached hydrogens (tertiary/aromatic N) is 1. The van der Waals surface area contributed by atoms with Gasteiger partial charge in [0.25, 0.3) is 0 Å². The first-order valence-corrected chi connectivity index (χ1v) is 8.75. The van der Waals surface area contributed by atoms with Gasteiger partial charge in [-0.2, -0.15) is 0 Å². The van der Waals surface area contributed by atoms with Gasteiger partial charge in [-0.05, 0) is 64.3 Å². The number of aromatic nitrogens is 1. The predicted octanol–water partition coefficient (Wildman–Crippen LogP) is 5.26. The molecule has 1 unspecified atom stereocenters. The Balaban J connectivity index is 2.26. The molecule has 0 spiro atoms. The van der Waals surface area contributed by atoms with Crippen LogP contribution in [-0.2, 0) is 6.42 Å². The maximum Gasteiger partial charge on any atom is 0.0410 e. The van der Waals surface area contributed by atoms with E-state index in [1.165, 1.54) is 11.1 Å². The molecule has 0 bridgehead atoms. The molecule has 1 aromatic carbocycles. The van der Waals surface area contributed by atoms with Crippen molar-refractivity contribution in [3.8, 4) is 0 Å². The van der Waals surface area contributed by atoms with Crippen molar-refractivity contribution in [2.45, 2.75) is 19.4 Å². The summed E-state index contributed by atoms with van der Waals surface area (Å²) in [5, 5.41) is 3.54. The van der Waals surface area contributed by atoms with Crippen LogP contribution in [0.3, 0.4) is 0 Å². The zero-order valence-corrected chi connectivity index (χ0v) is 15.8. The molecule has 0 saturated carbocycles. The highest BCUT2D eigenvalue weighted by Gasteiger charge is 2.13. The van der Waals surface area contributed by atoms with Crippen LogP contribution in [0.2, 0.25) is 0 Å². The van der Waals surface area contributed by atoms with Crippen molar-refractivity contribution >= 4 is 47.8 Å². The molecule has 0 fully saturated rings. The topological polar surface area (TPSA) is 24.9 Å². The highest BCUT2D eigenvalue weighted by atomic mass is 79.9. The summed E-state index contributed by atoms with van der Waals surface area (Å²) in [4.78, 5) is 4.23. The molecule has 0 aliphatic rings. The van der Waals surface area contributed by atoms with Crippen LogP contribution < -0.4 is 5.32 Å². The van der Waals surface area contributed by atoms with Crippen molar-refractivity contribution in [1.82, 2.24) is 10.3 Å². The molecule has 1 N–H and O–H groups in total. The Morgan fingerprint density at radius 1 is 1.00 bits per heavy atom. The first-order valence-electron chi connectivity index (χ1n) is 6.37. The second kappa shape index (κ2) is 7.69. The first-order chi connectivity index (χ1) is 9.58. The van der Waals surface area contributed by atoms with Crippen LogP contribution in [0.25, 0.3) is 0 Å². The molecule has 2 rings (SSSR count). The molecular weight excluding hydrogens is 448 g/mol.